The Labute approximate surface area is 810 Å². The summed E-state index contributed by atoms with van der Waals surface area (Å²) in [4.78, 5) is 76.2. The Morgan fingerprint density at radius 1 is 0.341 bits per heavy atom. The first-order valence-corrected chi connectivity index (χ1v) is 48.5. The van der Waals surface area contributed by atoms with Crippen LogP contribution in [0.1, 0.15) is 251 Å². The van der Waals surface area contributed by atoms with Crippen LogP contribution in [0.4, 0.5) is 34.9 Å². The Bertz CT molecular complexity index is 6760. The Hall–Kier alpha value is -16.2. The number of aryl methyl sites for hydroxylation is 7. The lowest BCUT2D eigenvalue weighted by molar-refractivity contribution is 0.415. The number of methoxy groups -OCH3 is 1. The van der Waals surface area contributed by atoms with Crippen LogP contribution in [0, 0.1) is 82.5 Å². The molecule has 0 aliphatic heterocycles. The molecule has 33 heteroatoms. The summed E-state index contributed by atoms with van der Waals surface area (Å²) in [6, 6.07) is 28.6. The van der Waals surface area contributed by atoms with Gasteiger partial charge in [0.1, 0.15) is 112 Å². The van der Waals surface area contributed by atoms with Gasteiger partial charge in [0, 0.05) is 130 Å². The molecule has 0 amide bonds. The first kappa shape index (κ1) is 105. The first-order chi connectivity index (χ1) is 65.6. The van der Waals surface area contributed by atoms with E-state index < -0.39 is 8.07 Å². The standard InChI is InChI=1S/C22H22N4O2.C21H20N4O.C16H24N4OSi.C16H18N4O.C16H22N4.C14H18N6O/c1-14(2)19-12-25-17(8-5-16-6-9-18(27-4)10-7-16)11-20(19)28-21-13-24-15(3)26-22(21)23;1-14(2)18-12-24-17(10-9-16-7-5-4-6-8-16)11-19(18)26-20-13-23-15(3)25-21(20)22;1-10(2)12-8-19-15(22(4,5)6)7-13(12)21-14-9-18-11(3)20-16(14)17;1-5-6-12-7-14(13(8-19-12)10(2)3)21-15-9-18-11(4)20-16(15)17;1-5-14-7-12(15(9-19-14)10(2)3)6-13-8-18-11(4)20-16(13)17;1-7(2)9-5-19-10(13(15)16)4-11(9)21-12-6-18-8(3)20-14(12)17/h6-7,9-14H,1-4H3,(H2,23,24,26);4-8,11-14H,1-3H3,(H2,22,23,25);7-10H,1-6H3,(H2,17,18,20);7-10H,1-4H3,(H2,17,18,20);7-10H,5-6H2,1-4H3,(H2,17,18,20);4-7H,1-3H3,(H3,15,16)(H2,17,18,20). The van der Waals surface area contributed by atoms with Gasteiger partial charge in [-0.3, -0.25) is 20.4 Å². The Balaban J connectivity index is 0.000000186. The SMILES string of the molecule is CC#Cc1cc(Oc2cnc(C)nc2N)c(C(C)C)cn1.CCc1cc(Cc2cnc(C)nc2N)c(C(C)C)cn1.COc1ccc(C#Cc2cc(Oc3cnc(C)nc3N)c(C(C)C)cn2)cc1.Cc1ncc(Oc2cc(C#Cc3ccccc3)ncc2C(C)C)c(N)n1.Cc1ncc(Oc2cc(C(=N)N)ncc2C(C)C)c(N)n1.Cc1ncc(Oc2cc([Si](C)(C)C)ncc2C(C)C)c(N)n1. The minimum absolute atomic E-state index is 0.122. The van der Waals surface area contributed by atoms with E-state index >= 15 is 0 Å². The number of pyridine rings is 6. The van der Waals surface area contributed by atoms with E-state index in [0.29, 0.717) is 150 Å². The summed E-state index contributed by atoms with van der Waals surface area (Å²) in [6.45, 7) is 46.5. The van der Waals surface area contributed by atoms with E-state index in [9.17, 15) is 0 Å². The molecular weight excluding hydrogens is 1750 g/mol. The number of anilines is 6. The normalized spacial score (nSPS) is 10.7. The highest BCUT2D eigenvalue weighted by molar-refractivity contribution is 6.88. The fourth-order valence-corrected chi connectivity index (χ4v) is 13.9. The van der Waals surface area contributed by atoms with Crippen LogP contribution in [0.2, 0.25) is 19.6 Å². The third-order valence-electron chi connectivity index (χ3n) is 20.5. The molecule has 0 bridgehead atoms. The van der Waals surface area contributed by atoms with Crippen LogP contribution < -0.4 is 73.9 Å². The predicted octanol–water partition coefficient (Wildman–Crippen LogP) is 19.4. The highest BCUT2D eigenvalue weighted by Crippen LogP contribution is 2.39. The average Bonchev–Trinajstić information content (AvgIpc) is 0.808. The molecule has 0 spiro atoms. The van der Waals surface area contributed by atoms with Crippen molar-refractivity contribution in [1.29, 1.82) is 5.41 Å². The van der Waals surface area contributed by atoms with Crippen molar-refractivity contribution in [3.63, 3.8) is 0 Å². The molecule has 0 fully saturated rings. The lowest BCUT2D eigenvalue weighted by Gasteiger charge is -2.20. The van der Waals surface area contributed by atoms with Crippen LogP contribution in [0.3, 0.4) is 0 Å². The molecule has 32 nitrogen and oxygen atoms in total. The van der Waals surface area contributed by atoms with E-state index in [1.807, 2.05) is 118 Å². The quantitative estimate of drug-likeness (QED) is 0.0135. The van der Waals surface area contributed by atoms with Crippen molar-refractivity contribution in [3.05, 3.63) is 284 Å². The molecule has 14 rings (SSSR count). The molecule has 14 aromatic rings. The minimum atomic E-state index is -1.52. The predicted molar refractivity (Wildman–Crippen MR) is 548 cm³/mol. The van der Waals surface area contributed by atoms with E-state index in [0.717, 1.165) is 79.9 Å². The van der Waals surface area contributed by atoms with Crippen molar-refractivity contribution < 1.29 is 28.4 Å². The van der Waals surface area contributed by atoms with Crippen molar-refractivity contribution in [2.45, 2.75) is 206 Å². The maximum Gasteiger partial charge on any atom is 0.187 e. The average molecular weight is 1870 g/mol. The topological polar surface area (TPSA) is 493 Å². The summed E-state index contributed by atoms with van der Waals surface area (Å²) in [5, 5.41) is 8.58. The van der Waals surface area contributed by atoms with Crippen LogP contribution in [-0.4, -0.2) is 111 Å². The van der Waals surface area contributed by atoms with E-state index in [1.54, 1.807) is 104 Å². The van der Waals surface area contributed by atoms with E-state index in [1.165, 1.54) is 17.3 Å². The van der Waals surface area contributed by atoms with Gasteiger partial charge in [-0.15, -0.1) is 0 Å². The number of nitrogens with zero attached hydrogens (tertiary/aromatic N) is 18. The van der Waals surface area contributed by atoms with Gasteiger partial charge in [-0.25, -0.2) is 74.8 Å². The van der Waals surface area contributed by atoms with Crippen molar-refractivity contribution >= 4 is 54.1 Å². The smallest absolute Gasteiger partial charge is 0.187 e. The van der Waals surface area contributed by atoms with Crippen molar-refractivity contribution in [2.75, 3.05) is 41.5 Å². The number of amidine groups is 1. The summed E-state index contributed by atoms with van der Waals surface area (Å²) < 4.78 is 34.9. The molecule has 0 unspecified atom stereocenters. The monoisotopic (exact) mass is 1870 g/mol. The van der Waals surface area contributed by atoms with E-state index in [4.69, 9.17) is 74.0 Å². The minimum Gasteiger partial charge on any atom is -0.497 e. The summed E-state index contributed by atoms with van der Waals surface area (Å²) in [5.74, 6) is 31.7. The molecular formula is C105H124N26O6Si. The van der Waals surface area contributed by atoms with Crippen LogP contribution >= 0.6 is 0 Å². The summed E-state index contributed by atoms with van der Waals surface area (Å²) in [7, 11) is 0.117. The molecule has 0 saturated carbocycles. The maximum absolute atomic E-state index is 7.47. The fourth-order valence-electron chi connectivity index (χ4n) is 12.9. The number of benzene rings is 2. The maximum atomic E-state index is 7.47. The number of nitrogens with two attached hydrogens (primary N) is 7. The van der Waals surface area contributed by atoms with Crippen LogP contribution in [0.25, 0.3) is 0 Å². The zero-order valence-electron chi connectivity index (χ0n) is 83.0. The van der Waals surface area contributed by atoms with Gasteiger partial charge < -0.3 is 68.6 Å². The molecule has 714 valence electrons. The number of nitrogen functional groups attached to an aromatic ring is 7. The summed E-state index contributed by atoms with van der Waals surface area (Å²) in [5.41, 5.74) is 54.5. The molecule has 12 aromatic heterocycles. The van der Waals surface area contributed by atoms with Gasteiger partial charge in [0.15, 0.2) is 57.8 Å². The van der Waals surface area contributed by atoms with Gasteiger partial charge in [-0.1, -0.05) is 146 Å². The number of ether oxygens (including phenoxy) is 6. The van der Waals surface area contributed by atoms with Gasteiger partial charge >= 0.3 is 0 Å². The van der Waals surface area contributed by atoms with Gasteiger partial charge in [-0.05, 0) is 168 Å². The Kier molecular flexibility index (Phi) is 38.0. The zero-order valence-corrected chi connectivity index (χ0v) is 84.0. The van der Waals surface area contributed by atoms with Gasteiger partial charge in [0.25, 0.3) is 0 Å². The molecule has 15 N–H and O–H groups in total. The van der Waals surface area contributed by atoms with Crippen LogP contribution in [0.15, 0.2) is 165 Å². The van der Waals surface area contributed by atoms with Gasteiger partial charge in [-0.2, -0.15) is 0 Å². The molecule has 12 heterocycles. The van der Waals surface area contributed by atoms with E-state index in [2.05, 4.69) is 227 Å². The number of aromatic nitrogens is 18. The van der Waals surface area contributed by atoms with Crippen LogP contribution in [-0.2, 0) is 12.8 Å². The molecule has 2 aromatic carbocycles. The lowest BCUT2D eigenvalue weighted by atomic mass is 9.94. The number of rotatable bonds is 22. The first-order valence-electron chi connectivity index (χ1n) is 45.0. The molecule has 0 aliphatic carbocycles. The lowest BCUT2D eigenvalue weighted by Crippen LogP contribution is -2.40. The Morgan fingerprint density at radius 2 is 0.659 bits per heavy atom. The second-order valence-electron chi connectivity index (χ2n) is 34.7. The molecule has 0 atom stereocenters. The molecule has 138 heavy (non-hydrogen) atoms. The summed E-state index contributed by atoms with van der Waals surface area (Å²) in [6.07, 6.45) is 22.3. The van der Waals surface area contributed by atoms with Crippen LogP contribution in [0.5, 0.6) is 63.2 Å². The second kappa shape index (κ2) is 49.7. The zero-order chi connectivity index (χ0) is 101. The van der Waals surface area contributed by atoms with Gasteiger partial charge in [0.2, 0.25) is 0 Å². The van der Waals surface area contributed by atoms with Crippen molar-refractivity contribution in [3.8, 4) is 98.8 Å². The summed E-state index contributed by atoms with van der Waals surface area (Å²) >= 11 is 0. The third-order valence-corrected chi connectivity index (χ3v) is 22.3. The third kappa shape index (κ3) is 31.2. The number of hydrogen-bond donors (Lipinski definition) is 8. The van der Waals surface area contributed by atoms with Crippen molar-refractivity contribution in [1.82, 2.24) is 89.7 Å². The van der Waals surface area contributed by atoms with E-state index in [-0.39, 0.29) is 35.3 Å². The van der Waals surface area contributed by atoms with Crippen molar-refractivity contribution in [2.24, 2.45) is 5.73 Å². The second-order valence-corrected chi connectivity index (χ2v) is 39.7. The molecule has 0 radical (unpaired) electrons. The Morgan fingerprint density at radius 3 is 0.986 bits per heavy atom. The largest absolute Gasteiger partial charge is 0.497 e. The number of nitrogens with one attached hydrogen (secondary N) is 1. The number of hydrogen-bond acceptors (Lipinski definition) is 31. The highest BCUT2D eigenvalue weighted by atomic mass is 28.3. The van der Waals surface area contributed by atoms with Gasteiger partial charge in [0.05, 0.1) is 38.1 Å². The molecule has 0 aliphatic rings. The highest BCUT2D eigenvalue weighted by Gasteiger charge is 2.24. The molecule has 0 saturated heterocycles. The fraction of sp³-hybridized carbons (Fsp3) is 0.305.